The van der Waals surface area contributed by atoms with E-state index >= 15 is 0 Å². The van der Waals surface area contributed by atoms with Crippen LogP contribution in [0.1, 0.15) is 50.4 Å². The summed E-state index contributed by atoms with van der Waals surface area (Å²) in [6, 6.07) is 7.65. The van der Waals surface area contributed by atoms with Crippen LogP contribution in [-0.2, 0) is 0 Å². The Hall–Kier alpha value is -1.51. The van der Waals surface area contributed by atoms with Crippen LogP contribution in [0.3, 0.4) is 0 Å². The molecule has 0 heterocycles. The average molecular weight is 263 g/mol. The third-order valence-corrected chi connectivity index (χ3v) is 3.45. The molecule has 0 saturated heterocycles. The standard InChI is InChI=1S/C16H25NO2/c1-5-7-11-17(13(3)6-2)16(18)14-9-8-10-15(12-14)19-4/h8-10,12-13H,5-7,11H2,1-4H3. The summed E-state index contributed by atoms with van der Waals surface area (Å²) in [5, 5.41) is 0. The smallest absolute Gasteiger partial charge is 0.254 e. The SMILES string of the molecule is CCCCN(C(=O)c1cccc(OC)c1)C(C)CC. The molecule has 0 radical (unpaired) electrons. The number of methoxy groups -OCH3 is 1. The van der Waals surface area contributed by atoms with Gasteiger partial charge in [-0.25, -0.2) is 0 Å². The fraction of sp³-hybridized carbons (Fsp3) is 0.562. The number of carbonyl (C=O) groups is 1. The lowest BCUT2D eigenvalue weighted by Crippen LogP contribution is -2.39. The summed E-state index contributed by atoms with van der Waals surface area (Å²) in [5.41, 5.74) is 0.704. The van der Waals surface area contributed by atoms with Crippen molar-refractivity contribution in [3.8, 4) is 5.75 Å². The third-order valence-electron chi connectivity index (χ3n) is 3.45. The molecule has 0 aliphatic rings. The van der Waals surface area contributed by atoms with Gasteiger partial charge in [0.05, 0.1) is 7.11 Å². The molecule has 1 rings (SSSR count). The van der Waals surface area contributed by atoms with E-state index in [0.29, 0.717) is 5.56 Å². The van der Waals surface area contributed by atoms with Crippen LogP contribution < -0.4 is 4.74 Å². The minimum atomic E-state index is 0.0988. The predicted molar refractivity (Wildman–Crippen MR) is 78.7 cm³/mol. The summed E-state index contributed by atoms with van der Waals surface area (Å²) in [4.78, 5) is 14.6. The van der Waals surface area contributed by atoms with Crippen molar-refractivity contribution >= 4 is 5.91 Å². The molecule has 0 N–H and O–H groups in total. The Labute approximate surface area is 116 Å². The van der Waals surface area contributed by atoms with Crippen molar-refractivity contribution in [3.05, 3.63) is 29.8 Å². The molecule has 0 bridgehead atoms. The van der Waals surface area contributed by atoms with Crippen LogP contribution in [0.4, 0.5) is 0 Å². The lowest BCUT2D eigenvalue weighted by atomic mass is 10.1. The lowest BCUT2D eigenvalue weighted by Gasteiger charge is -2.28. The lowest BCUT2D eigenvalue weighted by molar-refractivity contribution is 0.0685. The molecule has 3 nitrogen and oxygen atoms in total. The van der Waals surface area contributed by atoms with Gasteiger partial charge in [-0.2, -0.15) is 0 Å². The van der Waals surface area contributed by atoms with Gasteiger partial charge < -0.3 is 9.64 Å². The molecule has 0 fully saturated rings. The molecule has 0 spiro atoms. The Morgan fingerprint density at radius 3 is 2.68 bits per heavy atom. The van der Waals surface area contributed by atoms with Crippen molar-refractivity contribution in [2.75, 3.05) is 13.7 Å². The first kappa shape index (κ1) is 15.5. The van der Waals surface area contributed by atoms with Gasteiger partial charge in [-0.3, -0.25) is 4.79 Å². The van der Waals surface area contributed by atoms with Gasteiger partial charge in [-0.15, -0.1) is 0 Å². The first-order valence-corrected chi connectivity index (χ1v) is 7.09. The molecule has 0 aliphatic carbocycles. The van der Waals surface area contributed by atoms with Gasteiger partial charge in [0.1, 0.15) is 5.75 Å². The Bertz CT molecular complexity index is 403. The van der Waals surface area contributed by atoms with E-state index in [9.17, 15) is 4.79 Å². The van der Waals surface area contributed by atoms with Crippen LogP contribution in [0, 0.1) is 0 Å². The normalized spacial score (nSPS) is 12.0. The third kappa shape index (κ3) is 4.27. The van der Waals surface area contributed by atoms with Crippen LogP contribution in [-0.4, -0.2) is 30.5 Å². The van der Waals surface area contributed by atoms with E-state index in [2.05, 4.69) is 20.8 Å². The number of hydrogen-bond donors (Lipinski definition) is 0. The number of nitrogens with zero attached hydrogens (tertiary/aromatic N) is 1. The van der Waals surface area contributed by atoms with E-state index in [1.54, 1.807) is 7.11 Å². The number of ether oxygens (including phenoxy) is 1. The van der Waals surface area contributed by atoms with Crippen molar-refractivity contribution < 1.29 is 9.53 Å². The van der Waals surface area contributed by atoms with Crippen LogP contribution in [0.2, 0.25) is 0 Å². The number of hydrogen-bond acceptors (Lipinski definition) is 2. The Morgan fingerprint density at radius 1 is 1.37 bits per heavy atom. The highest BCUT2D eigenvalue weighted by Crippen LogP contribution is 2.17. The van der Waals surface area contributed by atoms with Crippen LogP contribution >= 0.6 is 0 Å². The summed E-state index contributed by atoms with van der Waals surface area (Å²) in [6.07, 6.45) is 3.11. The average Bonchev–Trinajstić information content (AvgIpc) is 2.47. The second-order valence-corrected chi connectivity index (χ2v) is 4.84. The molecule has 1 unspecified atom stereocenters. The van der Waals surface area contributed by atoms with E-state index in [0.717, 1.165) is 31.6 Å². The molecule has 0 aromatic heterocycles. The van der Waals surface area contributed by atoms with Gasteiger partial charge in [0.2, 0.25) is 0 Å². The maximum absolute atomic E-state index is 12.6. The second-order valence-electron chi connectivity index (χ2n) is 4.84. The Kier molecular flexibility index (Phi) is 6.40. The number of benzene rings is 1. The summed E-state index contributed by atoms with van der Waals surface area (Å²) in [5.74, 6) is 0.826. The second kappa shape index (κ2) is 7.82. The molecule has 3 heteroatoms. The predicted octanol–water partition coefficient (Wildman–Crippen LogP) is 3.74. The van der Waals surface area contributed by atoms with Gasteiger partial charge in [0.15, 0.2) is 0 Å². The molecule has 106 valence electrons. The largest absolute Gasteiger partial charge is 0.497 e. The zero-order valence-corrected chi connectivity index (χ0v) is 12.5. The van der Waals surface area contributed by atoms with Crippen molar-refractivity contribution in [2.45, 2.75) is 46.1 Å². The van der Waals surface area contributed by atoms with Gasteiger partial charge in [0, 0.05) is 18.2 Å². The minimum Gasteiger partial charge on any atom is -0.497 e. The van der Waals surface area contributed by atoms with Crippen LogP contribution in [0.25, 0.3) is 0 Å². The van der Waals surface area contributed by atoms with Crippen molar-refractivity contribution in [1.82, 2.24) is 4.90 Å². The fourth-order valence-electron chi connectivity index (χ4n) is 1.99. The summed E-state index contributed by atoms with van der Waals surface area (Å²) >= 11 is 0. The molecule has 1 aromatic carbocycles. The zero-order valence-electron chi connectivity index (χ0n) is 12.5. The molecule has 19 heavy (non-hydrogen) atoms. The van der Waals surface area contributed by atoms with Gasteiger partial charge >= 0.3 is 0 Å². The summed E-state index contributed by atoms with van der Waals surface area (Å²) in [7, 11) is 1.62. The van der Waals surface area contributed by atoms with Crippen molar-refractivity contribution in [2.24, 2.45) is 0 Å². The van der Waals surface area contributed by atoms with E-state index in [-0.39, 0.29) is 11.9 Å². The molecule has 1 aromatic rings. The van der Waals surface area contributed by atoms with Crippen molar-refractivity contribution in [1.29, 1.82) is 0 Å². The molecular formula is C16H25NO2. The first-order valence-electron chi connectivity index (χ1n) is 7.09. The monoisotopic (exact) mass is 263 g/mol. The van der Waals surface area contributed by atoms with Gasteiger partial charge in [0.25, 0.3) is 5.91 Å². The number of unbranched alkanes of at least 4 members (excludes halogenated alkanes) is 1. The summed E-state index contributed by atoms with van der Waals surface area (Å²) < 4.78 is 5.18. The molecule has 1 amide bonds. The number of carbonyl (C=O) groups excluding carboxylic acids is 1. The van der Waals surface area contributed by atoms with E-state index in [1.807, 2.05) is 29.2 Å². The number of amides is 1. The van der Waals surface area contributed by atoms with Crippen molar-refractivity contribution in [3.63, 3.8) is 0 Å². The fourth-order valence-corrected chi connectivity index (χ4v) is 1.99. The maximum Gasteiger partial charge on any atom is 0.254 e. The van der Waals surface area contributed by atoms with E-state index in [1.165, 1.54) is 0 Å². The zero-order chi connectivity index (χ0) is 14.3. The first-order chi connectivity index (χ1) is 9.13. The highest BCUT2D eigenvalue weighted by atomic mass is 16.5. The highest BCUT2D eigenvalue weighted by Gasteiger charge is 2.20. The molecular weight excluding hydrogens is 238 g/mol. The van der Waals surface area contributed by atoms with E-state index < -0.39 is 0 Å². The van der Waals surface area contributed by atoms with Gasteiger partial charge in [-0.1, -0.05) is 26.3 Å². The quantitative estimate of drug-likeness (QED) is 0.750. The van der Waals surface area contributed by atoms with Gasteiger partial charge in [-0.05, 0) is 38.0 Å². The highest BCUT2D eigenvalue weighted by molar-refractivity contribution is 5.94. The number of rotatable bonds is 7. The Balaban J connectivity index is 2.90. The van der Waals surface area contributed by atoms with Crippen LogP contribution in [0.15, 0.2) is 24.3 Å². The molecule has 0 saturated carbocycles. The minimum absolute atomic E-state index is 0.0988. The summed E-state index contributed by atoms with van der Waals surface area (Å²) in [6.45, 7) is 7.18. The van der Waals surface area contributed by atoms with Crippen LogP contribution in [0.5, 0.6) is 5.75 Å². The molecule has 1 atom stereocenters. The van der Waals surface area contributed by atoms with E-state index in [4.69, 9.17) is 4.74 Å². The topological polar surface area (TPSA) is 29.5 Å². The molecule has 0 aliphatic heterocycles. The maximum atomic E-state index is 12.6. The Morgan fingerprint density at radius 2 is 2.11 bits per heavy atom.